The molecule has 0 saturated carbocycles. The van der Waals surface area contributed by atoms with Gasteiger partial charge in [-0.05, 0) is 17.7 Å². The lowest BCUT2D eigenvalue weighted by atomic mass is 9.98. The highest BCUT2D eigenvalue weighted by Crippen LogP contribution is 2.42. The molecule has 27 heavy (non-hydrogen) atoms. The lowest BCUT2D eigenvalue weighted by Gasteiger charge is -2.12. The number of aliphatic hydroxyl groups excluding tert-OH is 1. The number of fused-ring (bicyclic) bond motifs is 4. The van der Waals surface area contributed by atoms with Crippen molar-refractivity contribution >= 4 is 27.6 Å². The number of nitro benzene ring substituents is 1. The molecular formula is C20H13NO6. The Balaban J connectivity index is 1.77. The smallest absolute Gasteiger partial charge is 0.279 e. The molecular weight excluding hydrogens is 350 g/mol. The van der Waals surface area contributed by atoms with Crippen LogP contribution in [0.5, 0.6) is 11.5 Å². The molecule has 7 heteroatoms. The van der Waals surface area contributed by atoms with Crippen LogP contribution in [0.25, 0.3) is 21.9 Å². The second-order valence-corrected chi connectivity index (χ2v) is 6.28. The molecule has 0 bridgehead atoms. The molecule has 0 radical (unpaired) electrons. The molecule has 7 nitrogen and oxygen atoms in total. The molecule has 0 amide bonds. The fourth-order valence-electron chi connectivity index (χ4n) is 3.41. The fourth-order valence-corrected chi connectivity index (χ4v) is 3.41. The molecule has 0 saturated heterocycles. The van der Waals surface area contributed by atoms with Crippen LogP contribution in [0.4, 0.5) is 5.69 Å². The Kier molecular flexibility index (Phi) is 3.32. The Hall–Kier alpha value is -3.58. The van der Waals surface area contributed by atoms with E-state index in [1.54, 1.807) is 42.5 Å². The van der Waals surface area contributed by atoms with Crippen LogP contribution in [0.15, 0.2) is 59.0 Å². The normalized spacial score (nSPS) is 14.0. The zero-order chi connectivity index (χ0) is 18.5. The molecule has 4 aromatic rings. The summed E-state index contributed by atoms with van der Waals surface area (Å²) in [6, 6.07) is 15.3. The van der Waals surface area contributed by atoms with E-state index < -0.39 is 11.0 Å². The van der Waals surface area contributed by atoms with Gasteiger partial charge in [-0.15, -0.1) is 0 Å². The third kappa shape index (κ3) is 2.40. The molecule has 1 N–H and O–H groups in total. The van der Waals surface area contributed by atoms with Crippen LogP contribution in [0.1, 0.15) is 17.2 Å². The van der Waals surface area contributed by atoms with E-state index >= 15 is 0 Å². The first-order valence-corrected chi connectivity index (χ1v) is 8.29. The summed E-state index contributed by atoms with van der Waals surface area (Å²) < 4.78 is 16.6. The molecule has 5 rings (SSSR count). The Labute approximate surface area is 152 Å². The fraction of sp³-hybridized carbons (Fsp3) is 0.100. The van der Waals surface area contributed by atoms with Gasteiger partial charge in [0.05, 0.1) is 16.6 Å². The Bertz CT molecular complexity index is 1200. The van der Waals surface area contributed by atoms with Crippen LogP contribution < -0.4 is 9.47 Å². The molecule has 1 aliphatic rings. The standard InChI is InChI=1S/C20H13NO6/c22-20(11-4-2-1-3-5-11)14-6-12-13-7-18-19(26-10-25-18)9-17(13)27-16(12)8-15(14)21(23)24/h1-9,20,22H,10H2. The second-order valence-electron chi connectivity index (χ2n) is 6.28. The average Bonchev–Trinajstić information content (AvgIpc) is 3.28. The third-order valence-electron chi connectivity index (χ3n) is 4.72. The molecule has 1 aromatic heterocycles. The summed E-state index contributed by atoms with van der Waals surface area (Å²) in [5, 5.41) is 23.8. The predicted octanol–water partition coefficient (Wildman–Crippen LogP) is 4.30. The minimum atomic E-state index is -1.13. The van der Waals surface area contributed by atoms with Crippen LogP contribution in [0, 0.1) is 10.1 Å². The van der Waals surface area contributed by atoms with Gasteiger partial charge in [0.2, 0.25) is 6.79 Å². The van der Waals surface area contributed by atoms with Crippen LogP contribution in [0.2, 0.25) is 0 Å². The van der Waals surface area contributed by atoms with Crippen molar-refractivity contribution in [3.8, 4) is 11.5 Å². The molecule has 1 atom stereocenters. The average molecular weight is 363 g/mol. The van der Waals surface area contributed by atoms with E-state index in [0.717, 1.165) is 5.39 Å². The molecule has 0 spiro atoms. The maximum Gasteiger partial charge on any atom is 0.279 e. The number of benzene rings is 3. The zero-order valence-electron chi connectivity index (χ0n) is 13.9. The first kappa shape index (κ1) is 15.7. The van der Waals surface area contributed by atoms with Crippen molar-refractivity contribution < 1.29 is 23.9 Å². The first-order valence-electron chi connectivity index (χ1n) is 8.29. The van der Waals surface area contributed by atoms with Gasteiger partial charge in [-0.3, -0.25) is 10.1 Å². The van der Waals surface area contributed by atoms with Gasteiger partial charge >= 0.3 is 0 Å². The van der Waals surface area contributed by atoms with Crippen molar-refractivity contribution in [3.05, 3.63) is 75.8 Å². The summed E-state index contributed by atoms with van der Waals surface area (Å²) in [6.45, 7) is 0.142. The minimum Gasteiger partial charge on any atom is -0.456 e. The topological polar surface area (TPSA) is 95.0 Å². The second kappa shape index (κ2) is 5.72. The summed E-state index contributed by atoms with van der Waals surface area (Å²) in [4.78, 5) is 11.1. The van der Waals surface area contributed by atoms with Gasteiger partial charge in [0.1, 0.15) is 17.3 Å². The van der Waals surface area contributed by atoms with Gasteiger partial charge in [0, 0.05) is 16.8 Å². The highest BCUT2D eigenvalue weighted by molar-refractivity contribution is 6.07. The van der Waals surface area contributed by atoms with E-state index in [4.69, 9.17) is 13.9 Å². The maximum atomic E-state index is 11.6. The van der Waals surface area contributed by atoms with Gasteiger partial charge in [0.25, 0.3) is 5.69 Å². The van der Waals surface area contributed by atoms with E-state index in [2.05, 4.69) is 0 Å². The van der Waals surface area contributed by atoms with Gasteiger partial charge in [0.15, 0.2) is 11.5 Å². The number of rotatable bonds is 3. The first-order chi connectivity index (χ1) is 13.1. The summed E-state index contributed by atoms with van der Waals surface area (Å²) in [6.07, 6.45) is -1.13. The van der Waals surface area contributed by atoms with E-state index in [9.17, 15) is 15.2 Å². The number of ether oxygens (including phenoxy) is 2. The maximum absolute atomic E-state index is 11.6. The van der Waals surface area contributed by atoms with Crippen LogP contribution in [0.3, 0.4) is 0 Å². The Morgan fingerprint density at radius 1 is 0.963 bits per heavy atom. The third-order valence-corrected chi connectivity index (χ3v) is 4.72. The van der Waals surface area contributed by atoms with Gasteiger partial charge < -0.3 is 19.0 Å². The molecule has 1 unspecified atom stereocenters. The van der Waals surface area contributed by atoms with Crippen molar-refractivity contribution in [2.75, 3.05) is 6.79 Å². The minimum absolute atomic E-state index is 0.142. The lowest BCUT2D eigenvalue weighted by Crippen LogP contribution is -2.03. The number of furan rings is 1. The molecule has 0 aliphatic carbocycles. The number of aliphatic hydroxyl groups is 1. The zero-order valence-corrected chi connectivity index (χ0v) is 13.9. The summed E-state index contributed by atoms with van der Waals surface area (Å²) in [5.74, 6) is 1.16. The van der Waals surface area contributed by atoms with Crippen molar-refractivity contribution in [2.45, 2.75) is 6.10 Å². The quantitative estimate of drug-likeness (QED) is 0.431. The van der Waals surface area contributed by atoms with E-state index in [-0.39, 0.29) is 18.0 Å². The molecule has 3 aromatic carbocycles. The van der Waals surface area contributed by atoms with Crippen molar-refractivity contribution in [2.24, 2.45) is 0 Å². The highest BCUT2D eigenvalue weighted by Gasteiger charge is 2.26. The van der Waals surface area contributed by atoms with Crippen molar-refractivity contribution in [1.82, 2.24) is 0 Å². The number of nitrogens with zero attached hydrogens (tertiary/aromatic N) is 1. The monoisotopic (exact) mass is 363 g/mol. The Morgan fingerprint density at radius 3 is 2.37 bits per heavy atom. The SMILES string of the molecule is O=[N+]([O-])c1cc2oc3cc4c(cc3c2cc1C(O)c1ccccc1)OCO4. The number of hydrogen-bond acceptors (Lipinski definition) is 6. The lowest BCUT2D eigenvalue weighted by molar-refractivity contribution is -0.385. The van der Waals surface area contributed by atoms with Crippen LogP contribution in [-0.4, -0.2) is 16.8 Å². The van der Waals surface area contributed by atoms with E-state index in [1.165, 1.54) is 6.07 Å². The molecule has 134 valence electrons. The summed E-state index contributed by atoms with van der Waals surface area (Å²) in [7, 11) is 0. The largest absolute Gasteiger partial charge is 0.456 e. The van der Waals surface area contributed by atoms with Gasteiger partial charge in [-0.2, -0.15) is 0 Å². The van der Waals surface area contributed by atoms with Crippen LogP contribution in [-0.2, 0) is 0 Å². The Morgan fingerprint density at radius 2 is 1.63 bits per heavy atom. The van der Waals surface area contributed by atoms with Gasteiger partial charge in [-0.25, -0.2) is 0 Å². The van der Waals surface area contributed by atoms with Crippen molar-refractivity contribution in [1.29, 1.82) is 0 Å². The number of nitro groups is 1. The molecule has 1 aliphatic heterocycles. The highest BCUT2D eigenvalue weighted by atomic mass is 16.7. The molecule has 2 heterocycles. The summed E-state index contributed by atoms with van der Waals surface area (Å²) in [5.41, 5.74) is 1.49. The summed E-state index contributed by atoms with van der Waals surface area (Å²) >= 11 is 0. The van der Waals surface area contributed by atoms with Crippen molar-refractivity contribution in [3.63, 3.8) is 0 Å². The predicted molar refractivity (Wildman–Crippen MR) is 97.0 cm³/mol. The molecule has 0 fully saturated rings. The van der Waals surface area contributed by atoms with E-state index in [0.29, 0.717) is 33.6 Å². The van der Waals surface area contributed by atoms with E-state index in [1.807, 2.05) is 6.07 Å². The number of hydrogen-bond donors (Lipinski definition) is 1. The van der Waals surface area contributed by atoms with Gasteiger partial charge in [-0.1, -0.05) is 30.3 Å². The van der Waals surface area contributed by atoms with Crippen LogP contribution >= 0.6 is 0 Å².